The summed E-state index contributed by atoms with van der Waals surface area (Å²) in [4.78, 5) is 25.0. The van der Waals surface area contributed by atoms with Crippen LogP contribution in [0, 0.1) is 0 Å². The van der Waals surface area contributed by atoms with Crippen molar-refractivity contribution in [2.75, 3.05) is 24.4 Å². The Balaban J connectivity index is 1.75. The first-order valence-corrected chi connectivity index (χ1v) is 9.35. The van der Waals surface area contributed by atoms with Gasteiger partial charge in [-0.25, -0.2) is 4.79 Å². The van der Waals surface area contributed by atoms with Crippen molar-refractivity contribution >= 4 is 23.4 Å². The molecule has 7 heteroatoms. The number of nitrogens with one attached hydrogen (secondary N) is 2. The third-order valence-corrected chi connectivity index (χ3v) is 4.07. The summed E-state index contributed by atoms with van der Waals surface area (Å²) in [6.07, 6.45) is -0.660. The average Bonchev–Trinajstić information content (AvgIpc) is 2.76. The third kappa shape index (κ3) is 5.51. The van der Waals surface area contributed by atoms with Crippen LogP contribution in [-0.2, 0) is 0 Å². The first-order chi connectivity index (χ1) is 14.6. The van der Waals surface area contributed by atoms with E-state index >= 15 is 0 Å². The highest BCUT2D eigenvalue weighted by atomic mass is 16.6. The van der Waals surface area contributed by atoms with Gasteiger partial charge in [0.05, 0.1) is 19.3 Å². The Bertz CT molecular complexity index is 1000. The van der Waals surface area contributed by atoms with Crippen LogP contribution in [0.15, 0.2) is 72.8 Å². The summed E-state index contributed by atoms with van der Waals surface area (Å²) in [6.45, 7) is 2.22. The Labute approximate surface area is 174 Å². The van der Waals surface area contributed by atoms with Gasteiger partial charge < -0.3 is 19.5 Å². The number of para-hydroxylation sites is 1. The molecule has 2 N–H and O–H groups in total. The number of hydrogen-bond acceptors (Lipinski definition) is 5. The minimum Gasteiger partial charge on any atom is -0.497 e. The van der Waals surface area contributed by atoms with Gasteiger partial charge >= 0.3 is 6.09 Å². The number of hydrogen-bond donors (Lipinski definition) is 2. The molecule has 0 aliphatic rings. The van der Waals surface area contributed by atoms with Gasteiger partial charge in [-0.1, -0.05) is 18.2 Å². The van der Waals surface area contributed by atoms with Crippen molar-refractivity contribution in [1.82, 2.24) is 0 Å². The van der Waals surface area contributed by atoms with E-state index < -0.39 is 6.09 Å². The predicted octanol–water partition coefficient (Wildman–Crippen LogP) is 4.96. The summed E-state index contributed by atoms with van der Waals surface area (Å²) >= 11 is 0. The lowest BCUT2D eigenvalue weighted by molar-refractivity contribution is 0.102. The van der Waals surface area contributed by atoms with Crippen LogP contribution < -0.4 is 24.8 Å². The van der Waals surface area contributed by atoms with Crippen LogP contribution in [0.2, 0.25) is 0 Å². The Hall–Kier alpha value is -4.00. The second-order valence-electron chi connectivity index (χ2n) is 6.15. The van der Waals surface area contributed by atoms with E-state index in [1.165, 1.54) is 6.07 Å². The average molecular weight is 406 g/mol. The second kappa shape index (κ2) is 9.97. The zero-order chi connectivity index (χ0) is 21.3. The van der Waals surface area contributed by atoms with Crippen LogP contribution in [0.25, 0.3) is 0 Å². The van der Waals surface area contributed by atoms with Crippen molar-refractivity contribution in [3.05, 3.63) is 78.4 Å². The largest absolute Gasteiger partial charge is 0.497 e. The molecule has 3 aromatic rings. The topological polar surface area (TPSA) is 85.9 Å². The van der Waals surface area contributed by atoms with Crippen molar-refractivity contribution in [2.24, 2.45) is 0 Å². The van der Waals surface area contributed by atoms with Crippen LogP contribution in [0.4, 0.5) is 16.2 Å². The van der Waals surface area contributed by atoms with Gasteiger partial charge in [0, 0.05) is 11.4 Å². The molecule has 7 nitrogen and oxygen atoms in total. The van der Waals surface area contributed by atoms with E-state index in [4.69, 9.17) is 14.2 Å². The van der Waals surface area contributed by atoms with Crippen molar-refractivity contribution in [1.29, 1.82) is 0 Å². The highest BCUT2D eigenvalue weighted by Gasteiger charge is 2.15. The molecule has 0 radical (unpaired) electrons. The number of carbonyl (C=O) groups excluding carboxylic acids is 2. The fourth-order valence-corrected chi connectivity index (χ4v) is 2.68. The molecular formula is C23H22N2O5. The molecule has 0 saturated carbocycles. The summed E-state index contributed by atoms with van der Waals surface area (Å²) in [7, 11) is 1.57. The Morgan fingerprint density at radius 3 is 2.20 bits per heavy atom. The lowest BCUT2D eigenvalue weighted by Gasteiger charge is -2.13. The first-order valence-electron chi connectivity index (χ1n) is 9.35. The van der Waals surface area contributed by atoms with Gasteiger partial charge in [0.15, 0.2) is 0 Å². The zero-order valence-corrected chi connectivity index (χ0v) is 16.7. The third-order valence-electron chi connectivity index (χ3n) is 4.07. The van der Waals surface area contributed by atoms with Crippen LogP contribution in [0.3, 0.4) is 0 Å². The molecule has 0 fully saturated rings. The van der Waals surface area contributed by atoms with Crippen LogP contribution >= 0.6 is 0 Å². The van der Waals surface area contributed by atoms with Gasteiger partial charge in [0.2, 0.25) is 0 Å². The standard InChI is InChI=1S/C23H22N2O5/c1-3-29-21-14-11-17(25-23(27)30-19-7-5-4-6-8-19)15-20(21)22(26)24-16-9-12-18(28-2)13-10-16/h4-15H,3H2,1-2H3,(H,24,26)(H,25,27). The highest BCUT2D eigenvalue weighted by Crippen LogP contribution is 2.25. The Kier molecular flexibility index (Phi) is 6.89. The number of anilines is 2. The lowest BCUT2D eigenvalue weighted by atomic mass is 10.1. The maximum Gasteiger partial charge on any atom is 0.417 e. The maximum atomic E-state index is 12.8. The van der Waals surface area contributed by atoms with E-state index in [9.17, 15) is 9.59 Å². The van der Waals surface area contributed by atoms with Gasteiger partial charge in [0.1, 0.15) is 17.2 Å². The van der Waals surface area contributed by atoms with Gasteiger partial charge in [-0.3, -0.25) is 10.1 Å². The molecule has 154 valence electrons. The number of amides is 2. The molecule has 0 heterocycles. The molecule has 0 atom stereocenters. The number of methoxy groups -OCH3 is 1. The molecule has 2 amide bonds. The molecule has 0 bridgehead atoms. The molecule has 3 rings (SSSR count). The minimum absolute atomic E-state index is 0.283. The van der Waals surface area contributed by atoms with Crippen molar-refractivity contribution in [3.8, 4) is 17.2 Å². The normalized spacial score (nSPS) is 10.1. The Morgan fingerprint density at radius 2 is 1.53 bits per heavy atom. The monoisotopic (exact) mass is 406 g/mol. The molecule has 0 spiro atoms. The Morgan fingerprint density at radius 1 is 0.833 bits per heavy atom. The van der Waals surface area contributed by atoms with Crippen molar-refractivity contribution < 1.29 is 23.8 Å². The SMILES string of the molecule is CCOc1ccc(NC(=O)Oc2ccccc2)cc1C(=O)Nc1ccc(OC)cc1. The fourth-order valence-electron chi connectivity index (χ4n) is 2.68. The highest BCUT2D eigenvalue weighted by molar-refractivity contribution is 6.07. The maximum absolute atomic E-state index is 12.8. The second-order valence-corrected chi connectivity index (χ2v) is 6.15. The zero-order valence-electron chi connectivity index (χ0n) is 16.7. The number of carbonyl (C=O) groups is 2. The minimum atomic E-state index is -0.660. The molecule has 0 saturated heterocycles. The molecule has 0 aliphatic heterocycles. The van der Waals surface area contributed by atoms with Gasteiger partial charge in [0.25, 0.3) is 5.91 Å². The molecule has 0 aliphatic carbocycles. The lowest BCUT2D eigenvalue weighted by Crippen LogP contribution is -2.18. The van der Waals surface area contributed by atoms with E-state index in [0.717, 1.165) is 0 Å². The number of rotatable bonds is 7. The molecule has 30 heavy (non-hydrogen) atoms. The van der Waals surface area contributed by atoms with Crippen molar-refractivity contribution in [3.63, 3.8) is 0 Å². The first kappa shape index (κ1) is 20.7. The van der Waals surface area contributed by atoms with E-state index in [1.807, 2.05) is 13.0 Å². The van der Waals surface area contributed by atoms with Crippen LogP contribution in [0.1, 0.15) is 17.3 Å². The van der Waals surface area contributed by atoms with E-state index in [0.29, 0.717) is 35.2 Å². The van der Waals surface area contributed by atoms with Gasteiger partial charge in [-0.2, -0.15) is 0 Å². The van der Waals surface area contributed by atoms with Crippen molar-refractivity contribution in [2.45, 2.75) is 6.92 Å². The van der Waals surface area contributed by atoms with Gasteiger partial charge in [-0.15, -0.1) is 0 Å². The summed E-state index contributed by atoms with van der Waals surface area (Å²) in [6, 6.07) is 20.5. The van der Waals surface area contributed by atoms with Crippen LogP contribution in [0.5, 0.6) is 17.2 Å². The molecule has 0 unspecified atom stereocenters. The quantitative estimate of drug-likeness (QED) is 0.579. The number of ether oxygens (including phenoxy) is 3. The summed E-state index contributed by atoms with van der Waals surface area (Å²) in [5.41, 5.74) is 1.29. The van der Waals surface area contributed by atoms with Gasteiger partial charge in [-0.05, 0) is 61.5 Å². The summed E-state index contributed by atoms with van der Waals surface area (Å²) in [5.74, 6) is 1.14. The number of benzene rings is 3. The fraction of sp³-hybridized carbons (Fsp3) is 0.130. The molecule has 0 aromatic heterocycles. The predicted molar refractivity (Wildman–Crippen MR) is 115 cm³/mol. The van der Waals surface area contributed by atoms with E-state index in [-0.39, 0.29) is 11.5 Å². The molecular weight excluding hydrogens is 384 g/mol. The smallest absolute Gasteiger partial charge is 0.417 e. The van der Waals surface area contributed by atoms with Crippen LogP contribution in [-0.4, -0.2) is 25.7 Å². The summed E-state index contributed by atoms with van der Waals surface area (Å²) < 4.78 is 15.9. The van der Waals surface area contributed by atoms with E-state index in [2.05, 4.69) is 10.6 Å². The molecule has 3 aromatic carbocycles. The summed E-state index contributed by atoms with van der Waals surface area (Å²) in [5, 5.41) is 5.43. The van der Waals surface area contributed by atoms with E-state index in [1.54, 1.807) is 67.8 Å².